The number of benzene rings is 2. The first-order chi connectivity index (χ1) is 13.2. The number of hydrogen-bond donors (Lipinski definition) is 1. The van der Waals surface area contributed by atoms with Crippen molar-refractivity contribution in [2.45, 2.75) is 18.9 Å². The molecule has 1 aliphatic rings. The second-order valence-electron chi connectivity index (χ2n) is 6.44. The van der Waals surface area contributed by atoms with Crippen LogP contribution in [0.2, 0.25) is 0 Å². The van der Waals surface area contributed by atoms with E-state index in [1.807, 2.05) is 18.2 Å². The van der Waals surface area contributed by atoms with Crippen molar-refractivity contribution >= 4 is 10.9 Å². The van der Waals surface area contributed by atoms with Gasteiger partial charge in [0.15, 0.2) is 23.3 Å². The number of nitrogens with one attached hydrogen (secondary N) is 1. The van der Waals surface area contributed by atoms with Crippen LogP contribution in [0.4, 0.5) is 8.78 Å². The molecule has 27 heavy (non-hydrogen) atoms. The van der Waals surface area contributed by atoms with Crippen LogP contribution in [-0.4, -0.2) is 31.6 Å². The highest BCUT2D eigenvalue weighted by Gasteiger charge is 2.25. The zero-order valence-electron chi connectivity index (χ0n) is 14.2. The molecule has 1 N–H and O–H groups in total. The predicted molar refractivity (Wildman–Crippen MR) is 94.3 cm³/mol. The Kier molecular flexibility index (Phi) is 3.71. The fraction of sp³-hybridized carbons (Fsp3) is 0.211. The second-order valence-corrected chi connectivity index (χ2v) is 6.44. The third-order valence-corrected chi connectivity index (χ3v) is 4.71. The first-order valence-corrected chi connectivity index (χ1v) is 8.67. The minimum atomic E-state index is -0.936. The number of fused-ring (bicyclic) bond motifs is 1. The Morgan fingerprint density at radius 1 is 1.15 bits per heavy atom. The Morgan fingerprint density at radius 2 is 2.07 bits per heavy atom. The van der Waals surface area contributed by atoms with Gasteiger partial charge in [-0.1, -0.05) is 12.1 Å². The number of H-pyrrole nitrogens is 1. The molecule has 1 unspecified atom stereocenters. The van der Waals surface area contributed by atoms with Crippen molar-refractivity contribution in [1.29, 1.82) is 0 Å². The first-order valence-electron chi connectivity index (χ1n) is 8.67. The maximum absolute atomic E-state index is 13.8. The summed E-state index contributed by atoms with van der Waals surface area (Å²) < 4.78 is 34.5. The van der Waals surface area contributed by atoms with Gasteiger partial charge >= 0.3 is 0 Å². The van der Waals surface area contributed by atoms with E-state index < -0.39 is 11.6 Å². The highest BCUT2D eigenvalue weighted by molar-refractivity contribution is 5.92. The molecule has 1 aliphatic heterocycles. The Balaban J connectivity index is 1.73. The van der Waals surface area contributed by atoms with E-state index in [4.69, 9.17) is 4.74 Å². The van der Waals surface area contributed by atoms with Crippen LogP contribution in [0.1, 0.15) is 24.8 Å². The van der Waals surface area contributed by atoms with Crippen LogP contribution in [0.15, 0.2) is 42.6 Å². The monoisotopic (exact) mass is 367 g/mol. The standard InChI is InChI=1S/C19H15F2N5O/c20-14-7-6-11(9-15(14)21)26-19(23-18(25-26)17-5-2-8-27-17)12-3-1-4-16-13(12)10-22-24-16/h1,3-4,6-7,9-10,17H,2,5,8H2,(H,22,24). The summed E-state index contributed by atoms with van der Waals surface area (Å²) in [5.41, 5.74) is 2.04. The van der Waals surface area contributed by atoms with Gasteiger partial charge in [-0.3, -0.25) is 5.10 Å². The number of nitrogens with zero attached hydrogens (tertiary/aromatic N) is 4. The second kappa shape index (κ2) is 6.24. The normalized spacial score (nSPS) is 17.0. The first kappa shape index (κ1) is 16.1. The van der Waals surface area contributed by atoms with Gasteiger partial charge in [0, 0.05) is 23.6 Å². The van der Waals surface area contributed by atoms with E-state index in [9.17, 15) is 8.78 Å². The Bertz CT molecular complexity index is 1130. The van der Waals surface area contributed by atoms with E-state index in [1.54, 1.807) is 6.20 Å². The summed E-state index contributed by atoms with van der Waals surface area (Å²) in [7, 11) is 0. The highest BCUT2D eigenvalue weighted by Crippen LogP contribution is 2.32. The van der Waals surface area contributed by atoms with Gasteiger partial charge in [0.1, 0.15) is 6.10 Å². The highest BCUT2D eigenvalue weighted by atomic mass is 19.2. The average Bonchev–Trinajstić information content (AvgIpc) is 3.43. The molecule has 4 aromatic rings. The number of halogens is 2. The lowest BCUT2D eigenvalue weighted by molar-refractivity contribution is 0.105. The summed E-state index contributed by atoms with van der Waals surface area (Å²) in [6.45, 7) is 0.664. The summed E-state index contributed by atoms with van der Waals surface area (Å²) in [4.78, 5) is 4.69. The molecule has 0 spiro atoms. The van der Waals surface area contributed by atoms with E-state index in [-0.39, 0.29) is 6.10 Å². The molecule has 3 heterocycles. The van der Waals surface area contributed by atoms with Gasteiger partial charge in [-0.2, -0.15) is 5.10 Å². The van der Waals surface area contributed by atoms with E-state index in [0.717, 1.165) is 41.4 Å². The van der Waals surface area contributed by atoms with Gasteiger partial charge in [0.2, 0.25) is 0 Å². The van der Waals surface area contributed by atoms with Crippen LogP contribution in [0.25, 0.3) is 28.0 Å². The van der Waals surface area contributed by atoms with E-state index in [2.05, 4.69) is 20.3 Å². The number of aromatic nitrogens is 5. The lowest BCUT2D eigenvalue weighted by Gasteiger charge is -2.07. The molecule has 1 fully saturated rings. The van der Waals surface area contributed by atoms with Gasteiger partial charge in [-0.15, -0.1) is 5.10 Å². The van der Waals surface area contributed by atoms with Crippen molar-refractivity contribution in [3.63, 3.8) is 0 Å². The van der Waals surface area contributed by atoms with Gasteiger partial charge < -0.3 is 4.74 Å². The molecule has 5 rings (SSSR count). The molecule has 8 heteroatoms. The van der Waals surface area contributed by atoms with Crippen LogP contribution < -0.4 is 0 Å². The minimum absolute atomic E-state index is 0.196. The smallest absolute Gasteiger partial charge is 0.180 e. The maximum Gasteiger partial charge on any atom is 0.180 e. The zero-order chi connectivity index (χ0) is 18.4. The summed E-state index contributed by atoms with van der Waals surface area (Å²) >= 11 is 0. The molecule has 6 nitrogen and oxygen atoms in total. The number of hydrogen-bond acceptors (Lipinski definition) is 4. The largest absolute Gasteiger partial charge is 0.370 e. The number of aromatic amines is 1. The van der Waals surface area contributed by atoms with Gasteiger partial charge in [0.05, 0.1) is 17.4 Å². The maximum atomic E-state index is 13.8. The van der Waals surface area contributed by atoms with Crippen molar-refractivity contribution in [3.05, 3.63) is 60.1 Å². The topological polar surface area (TPSA) is 68.6 Å². The molecule has 1 atom stereocenters. The number of rotatable bonds is 3. The van der Waals surface area contributed by atoms with Crippen molar-refractivity contribution in [2.75, 3.05) is 6.61 Å². The molecule has 0 bridgehead atoms. The van der Waals surface area contributed by atoms with Crippen molar-refractivity contribution in [1.82, 2.24) is 25.0 Å². The van der Waals surface area contributed by atoms with E-state index >= 15 is 0 Å². The third-order valence-electron chi connectivity index (χ3n) is 4.71. The molecule has 0 saturated carbocycles. The summed E-state index contributed by atoms with van der Waals surface area (Å²) in [5, 5.41) is 12.4. The van der Waals surface area contributed by atoms with Crippen LogP contribution in [-0.2, 0) is 4.74 Å². The SMILES string of the molecule is Fc1ccc(-n2nc(C3CCCO3)nc2-c2cccc3[nH]ncc23)cc1F. The minimum Gasteiger partial charge on any atom is -0.370 e. The molecule has 0 radical (unpaired) electrons. The van der Waals surface area contributed by atoms with Gasteiger partial charge in [0.25, 0.3) is 0 Å². The molecular weight excluding hydrogens is 352 g/mol. The molecule has 0 amide bonds. The lowest BCUT2D eigenvalue weighted by Crippen LogP contribution is -2.03. The van der Waals surface area contributed by atoms with Gasteiger partial charge in [-0.25, -0.2) is 18.4 Å². The summed E-state index contributed by atoms with van der Waals surface area (Å²) in [6.07, 6.45) is 3.29. The zero-order valence-corrected chi connectivity index (χ0v) is 14.2. The fourth-order valence-electron chi connectivity index (χ4n) is 3.38. The van der Waals surface area contributed by atoms with E-state index in [1.165, 1.54) is 10.7 Å². The van der Waals surface area contributed by atoms with Crippen molar-refractivity contribution < 1.29 is 13.5 Å². The fourth-order valence-corrected chi connectivity index (χ4v) is 3.38. The average molecular weight is 367 g/mol. The molecule has 136 valence electrons. The molecule has 2 aromatic carbocycles. The quantitative estimate of drug-likeness (QED) is 0.596. The number of ether oxygens (including phenoxy) is 1. The molecule has 2 aromatic heterocycles. The molecular formula is C19H15F2N5O. The third kappa shape index (κ3) is 2.69. The lowest BCUT2D eigenvalue weighted by atomic mass is 10.1. The van der Waals surface area contributed by atoms with Crippen LogP contribution >= 0.6 is 0 Å². The summed E-state index contributed by atoms with van der Waals surface area (Å²) in [5.74, 6) is -0.780. The Morgan fingerprint density at radius 3 is 2.89 bits per heavy atom. The van der Waals surface area contributed by atoms with Crippen molar-refractivity contribution in [3.8, 4) is 17.1 Å². The Labute approximate surface area is 152 Å². The molecule has 0 aliphatic carbocycles. The van der Waals surface area contributed by atoms with Crippen molar-refractivity contribution in [2.24, 2.45) is 0 Å². The Hall–Kier alpha value is -3.13. The van der Waals surface area contributed by atoms with E-state index in [0.29, 0.717) is 23.9 Å². The summed E-state index contributed by atoms with van der Waals surface area (Å²) in [6, 6.07) is 9.36. The van der Waals surface area contributed by atoms with Crippen LogP contribution in [0, 0.1) is 11.6 Å². The predicted octanol–water partition coefficient (Wildman–Crippen LogP) is 3.94. The molecule has 1 saturated heterocycles. The van der Waals surface area contributed by atoms with Crippen LogP contribution in [0.5, 0.6) is 0 Å². The van der Waals surface area contributed by atoms with Gasteiger partial charge in [-0.05, 0) is 31.0 Å². The van der Waals surface area contributed by atoms with Crippen LogP contribution in [0.3, 0.4) is 0 Å².